The maximum absolute atomic E-state index is 13.2. The van der Waals surface area contributed by atoms with Crippen LogP contribution in [0.3, 0.4) is 0 Å². The molecule has 1 atom stereocenters. The highest BCUT2D eigenvalue weighted by Gasteiger charge is 2.26. The number of hydrogen-bond acceptors (Lipinski definition) is 4. The van der Waals surface area contributed by atoms with Gasteiger partial charge in [-0.05, 0) is 49.2 Å². The Bertz CT molecular complexity index is 1260. The van der Waals surface area contributed by atoms with E-state index in [1.165, 1.54) is 0 Å². The lowest BCUT2D eigenvalue weighted by molar-refractivity contribution is 0.0280. The molecule has 0 fully saturated rings. The normalized spacial score (nSPS) is 11.5. The summed E-state index contributed by atoms with van der Waals surface area (Å²) in [5.74, 6) is -0.0213. The number of Topliss-reactive ketones (excluding diaryl/α,β-unsaturated/α-hetero) is 1. The van der Waals surface area contributed by atoms with Crippen LogP contribution in [-0.4, -0.2) is 11.8 Å². The van der Waals surface area contributed by atoms with Crippen LogP contribution in [0.2, 0.25) is 0 Å². The monoisotopic (exact) mass is 450 g/mol. The molecule has 0 N–H and O–H groups in total. The molecule has 0 aromatic heterocycles. The third-order valence-electron chi connectivity index (χ3n) is 5.49. The minimum absolute atomic E-state index is 0.261. The molecule has 170 valence electrons. The highest BCUT2D eigenvalue weighted by atomic mass is 16.5. The summed E-state index contributed by atoms with van der Waals surface area (Å²) in [6.45, 7) is 4.36. The Balaban J connectivity index is 1.47. The maximum Gasteiger partial charge on any atom is 0.339 e. The summed E-state index contributed by atoms with van der Waals surface area (Å²) < 4.78 is 11.6. The van der Waals surface area contributed by atoms with Crippen molar-refractivity contribution in [1.82, 2.24) is 0 Å². The summed E-state index contributed by atoms with van der Waals surface area (Å²) in [6, 6.07) is 31.2. The molecule has 0 radical (unpaired) electrons. The first-order valence-corrected chi connectivity index (χ1v) is 11.1. The quantitative estimate of drug-likeness (QED) is 0.222. The highest BCUT2D eigenvalue weighted by Crippen LogP contribution is 2.24. The second kappa shape index (κ2) is 10.6. The average Bonchev–Trinajstić information content (AvgIpc) is 2.87. The van der Waals surface area contributed by atoms with Crippen molar-refractivity contribution in [3.05, 3.63) is 137 Å². The second-order valence-electron chi connectivity index (χ2n) is 8.23. The van der Waals surface area contributed by atoms with Crippen LogP contribution >= 0.6 is 0 Å². The van der Waals surface area contributed by atoms with E-state index in [1.54, 1.807) is 36.4 Å². The van der Waals surface area contributed by atoms with Crippen molar-refractivity contribution in [1.29, 1.82) is 0 Å². The van der Waals surface area contributed by atoms with Gasteiger partial charge < -0.3 is 9.47 Å². The first-order valence-electron chi connectivity index (χ1n) is 11.1. The molecule has 4 nitrogen and oxygen atoms in total. The highest BCUT2D eigenvalue weighted by molar-refractivity contribution is 6.02. The lowest BCUT2D eigenvalue weighted by atomic mass is 9.99. The average molecular weight is 451 g/mol. The summed E-state index contributed by atoms with van der Waals surface area (Å²) in [4.78, 5) is 26.2. The van der Waals surface area contributed by atoms with Crippen LogP contribution in [0, 0.1) is 13.8 Å². The number of esters is 1. The summed E-state index contributed by atoms with van der Waals surface area (Å²) in [5, 5.41) is 0. The van der Waals surface area contributed by atoms with E-state index in [9.17, 15) is 9.59 Å². The molecule has 34 heavy (non-hydrogen) atoms. The maximum atomic E-state index is 13.2. The predicted octanol–water partition coefficient (Wildman–Crippen LogP) is 6.66. The number of rotatable bonds is 8. The van der Waals surface area contributed by atoms with Gasteiger partial charge in [0.25, 0.3) is 0 Å². The fourth-order valence-corrected chi connectivity index (χ4v) is 3.55. The Morgan fingerprint density at radius 2 is 1.38 bits per heavy atom. The second-order valence-corrected chi connectivity index (χ2v) is 8.23. The van der Waals surface area contributed by atoms with Gasteiger partial charge in [0, 0.05) is 11.1 Å². The first kappa shape index (κ1) is 23.0. The van der Waals surface area contributed by atoms with E-state index >= 15 is 0 Å². The molecule has 0 amide bonds. The molecule has 0 saturated heterocycles. The van der Waals surface area contributed by atoms with E-state index in [-0.39, 0.29) is 5.78 Å². The zero-order valence-corrected chi connectivity index (χ0v) is 19.2. The zero-order valence-electron chi connectivity index (χ0n) is 19.2. The van der Waals surface area contributed by atoms with E-state index in [2.05, 4.69) is 0 Å². The lowest BCUT2D eigenvalue weighted by Crippen LogP contribution is -2.20. The molecular formula is C30H26O4. The van der Waals surface area contributed by atoms with Crippen LogP contribution in [0.4, 0.5) is 0 Å². The standard InChI is InChI=1S/C30H26O4/c1-21-11-15-24(16-12-21)28(31)29(25-8-4-3-5-9-25)34-30(32)26-17-13-23(14-18-26)20-33-27-10-6-7-22(2)19-27/h3-19,29H,20H2,1-2H3/t29-/m1/s1. The number of hydrogen-bond donors (Lipinski definition) is 0. The van der Waals surface area contributed by atoms with E-state index in [0.717, 1.165) is 22.4 Å². The molecule has 0 saturated carbocycles. The van der Waals surface area contributed by atoms with E-state index < -0.39 is 12.1 Å². The predicted molar refractivity (Wildman–Crippen MR) is 132 cm³/mol. The van der Waals surface area contributed by atoms with Gasteiger partial charge in [-0.3, -0.25) is 4.79 Å². The Morgan fingerprint density at radius 1 is 0.706 bits per heavy atom. The molecule has 0 aliphatic heterocycles. The van der Waals surface area contributed by atoms with Crippen LogP contribution in [0.5, 0.6) is 5.75 Å². The fourth-order valence-electron chi connectivity index (χ4n) is 3.55. The molecule has 0 bridgehead atoms. The van der Waals surface area contributed by atoms with Gasteiger partial charge in [0.1, 0.15) is 12.4 Å². The van der Waals surface area contributed by atoms with Crippen molar-refractivity contribution in [3.63, 3.8) is 0 Å². The number of ether oxygens (including phenoxy) is 2. The third kappa shape index (κ3) is 5.78. The van der Waals surface area contributed by atoms with Crippen molar-refractivity contribution in [2.75, 3.05) is 0 Å². The van der Waals surface area contributed by atoms with E-state index in [1.807, 2.05) is 80.6 Å². The van der Waals surface area contributed by atoms with Crippen LogP contribution in [-0.2, 0) is 11.3 Å². The van der Waals surface area contributed by atoms with Gasteiger partial charge >= 0.3 is 5.97 Å². The molecule has 0 unspecified atom stereocenters. The van der Waals surface area contributed by atoms with Gasteiger partial charge in [-0.2, -0.15) is 0 Å². The SMILES string of the molecule is Cc1ccc(C(=O)[C@H](OC(=O)c2ccc(COc3cccc(C)c3)cc2)c2ccccc2)cc1. The van der Waals surface area contributed by atoms with Crippen molar-refractivity contribution < 1.29 is 19.1 Å². The molecule has 0 spiro atoms. The van der Waals surface area contributed by atoms with E-state index in [0.29, 0.717) is 23.3 Å². The van der Waals surface area contributed by atoms with Crippen LogP contribution in [0.1, 0.15) is 49.1 Å². The Labute approximate surface area is 199 Å². The summed E-state index contributed by atoms with van der Waals surface area (Å²) in [7, 11) is 0. The number of carbonyl (C=O) groups is 2. The number of ketones is 1. The largest absolute Gasteiger partial charge is 0.489 e. The molecule has 4 rings (SSSR count). The molecule has 0 aliphatic rings. The Kier molecular flexibility index (Phi) is 7.19. The van der Waals surface area contributed by atoms with Crippen molar-refractivity contribution >= 4 is 11.8 Å². The lowest BCUT2D eigenvalue weighted by Gasteiger charge is -2.18. The van der Waals surface area contributed by atoms with Crippen LogP contribution in [0.25, 0.3) is 0 Å². The smallest absolute Gasteiger partial charge is 0.339 e. The van der Waals surface area contributed by atoms with Gasteiger partial charge in [0.05, 0.1) is 5.56 Å². The number of aryl methyl sites for hydroxylation is 2. The summed E-state index contributed by atoms with van der Waals surface area (Å²) in [6.07, 6.45) is -1.03. The van der Waals surface area contributed by atoms with Crippen LogP contribution < -0.4 is 4.74 Å². The number of benzene rings is 4. The number of carbonyl (C=O) groups excluding carboxylic acids is 2. The molecule has 4 heteroatoms. The van der Waals surface area contributed by atoms with Gasteiger partial charge in [0.15, 0.2) is 6.10 Å². The molecule has 4 aromatic carbocycles. The van der Waals surface area contributed by atoms with E-state index in [4.69, 9.17) is 9.47 Å². The van der Waals surface area contributed by atoms with Gasteiger partial charge in [-0.1, -0.05) is 84.4 Å². The van der Waals surface area contributed by atoms with Crippen molar-refractivity contribution in [2.45, 2.75) is 26.6 Å². The van der Waals surface area contributed by atoms with Gasteiger partial charge in [-0.15, -0.1) is 0 Å². The topological polar surface area (TPSA) is 52.6 Å². The minimum Gasteiger partial charge on any atom is -0.489 e. The van der Waals surface area contributed by atoms with Crippen molar-refractivity contribution in [3.8, 4) is 5.75 Å². The van der Waals surface area contributed by atoms with Gasteiger partial charge in [-0.25, -0.2) is 4.79 Å². The summed E-state index contributed by atoms with van der Waals surface area (Å²) in [5.41, 5.74) is 4.60. The zero-order chi connectivity index (χ0) is 23.9. The molecule has 0 aliphatic carbocycles. The molecule has 0 heterocycles. The molecular weight excluding hydrogens is 424 g/mol. The summed E-state index contributed by atoms with van der Waals surface area (Å²) >= 11 is 0. The minimum atomic E-state index is -1.03. The van der Waals surface area contributed by atoms with Crippen LogP contribution in [0.15, 0.2) is 103 Å². The third-order valence-corrected chi connectivity index (χ3v) is 5.49. The van der Waals surface area contributed by atoms with Crippen molar-refractivity contribution in [2.24, 2.45) is 0 Å². The first-order chi connectivity index (χ1) is 16.5. The molecule has 4 aromatic rings. The Hall–Kier alpha value is -4.18. The fraction of sp³-hybridized carbons (Fsp3) is 0.133. The Morgan fingerprint density at radius 3 is 2.06 bits per heavy atom. The van der Waals surface area contributed by atoms with Gasteiger partial charge in [0.2, 0.25) is 5.78 Å².